The molecular formula is C16H19NO3S. The van der Waals surface area contributed by atoms with Crippen LogP contribution in [0, 0.1) is 0 Å². The topological polar surface area (TPSA) is 57.6 Å². The van der Waals surface area contributed by atoms with Crippen molar-refractivity contribution in [3.8, 4) is 0 Å². The molecule has 21 heavy (non-hydrogen) atoms. The Kier molecular flexibility index (Phi) is 4.56. The summed E-state index contributed by atoms with van der Waals surface area (Å²) >= 11 is 0. The van der Waals surface area contributed by atoms with E-state index in [0.717, 1.165) is 11.1 Å². The molecule has 1 N–H and O–H groups in total. The molecule has 2 aromatic rings. The normalized spacial score (nSPS) is 13.8. The predicted octanol–water partition coefficient (Wildman–Crippen LogP) is 2.58. The highest BCUT2D eigenvalue weighted by atomic mass is 32.2. The van der Waals surface area contributed by atoms with E-state index in [-0.39, 0.29) is 13.1 Å². The Hall–Kier alpha value is -1.69. The molecule has 0 amide bonds. The van der Waals surface area contributed by atoms with Crippen molar-refractivity contribution in [2.24, 2.45) is 0 Å². The van der Waals surface area contributed by atoms with Gasteiger partial charge in [-0.05, 0) is 11.1 Å². The van der Waals surface area contributed by atoms with E-state index in [1.165, 1.54) is 4.90 Å². The minimum absolute atomic E-state index is 0.234. The second-order valence-corrected chi connectivity index (χ2v) is 6.16. The lowest BCUT2D eigenvalue weighted by atomic mass is 10.1. The molecule has 0 aromatic heterocycles. The van der Waals surface area contributed by atoms with Crippen LogP contribution in [0.4, 0.5) is 0 Å². The van der Waals surface area contributed by atoms with Crippen molar-refractivity contribution in [3.63, 3.8) is 0 Å². The summed E-state index contributed by atoms with van der Waals surface area (Å²) in [5.74, 6) is -0.973. The molecule has 0 atom stereocenters. The van der Waals surface area contributed by atoms with Crippen LogP contribution in [0.5, 0.6) is 0 Å². The molecule has 0 unspecified atom stereocenters. The summed E-state index contributed by atoms with van der Waals surface area (Å²) in [6.45, 7) is -1.73. The quantitative estimate of drug-likeness (QED) is 0.799. The molecule has 0 radical (unpaired) electrons. The smallest absolute Gasteiger partial charge is 0.266 e. The number of benzene rings is 2. The van der Waals surface area contributed by atoms with Gasteiger partial charge >= 0.3 is 0 Å². The molecule has 0 fully saturated rings. The van der Waals surface area contributed by atoms with E-state index in [2.05, 4.69) is 0 Å². The van der Waals surface area contributed by atoms with Gasteiger partial charge in [-0.25, -0.2) is 0 Å². The molecule has 0 aliphatic carbocycles. The summed E-state index contributed by atoms with van der Waals surface area (Å²) in [5.41, 5.74) is 1.73. The Balaban J connectivity index is 2.26. The van der Waals surface area contributed by atoms with Crippen LogP contribution in [0.1, 0.15) is 13.9 Å². The summed E-state index contributed by atoms with van der Waals surface area (Å²) in [7, 11) is -4.43. The van der Waals surface area contributed by atoms with Gasteiger partial charge in [-0.2, -0.15) is 8.42 Å². The lowest BCUT2D eigenvalue weighted by Gasteiger charge is -2.22. The van der Waals surface area contributed by atoms with E-state index in [0.29, 0.717) is 0 Å². The highest BCUT2D eigenvalue weighted by Crippen LogP contribution is 2.10. The van der Waals surface area contributed by atoms with Crippen LogP contribution in [0.2, 0.25) is 0 Å². The van der Waals surface area contributed by atoms with E-state index in [1.54, 1.807) is 0 Å². The number of hydrogen-bond donors (Lipinski definition) is 1. The van der Waals surface area contributed by atoms with Crippen molar-refractivity contribution >= 4 is 10.1 Å². The third-order valence-corrected chi connectivity index (χ3v) is 3.40. The summed E-state index contributed by atoms with van der Waals surface area (Å²) < 4.78 is 47.5. The molecule has 0 saturated heterocycles. The first-order valence-electron chi connectivity index (χ1n) is 7.54. The van der Waals surface area contributed by atoms with E-state index in [1.807, 2.05) is 60.7 Å². The second kappa shape index (κ2) is 7.36. The summed E-state index contributed by atoms with van der Waals surface area (Å²) in [5, 5.41) is 0. The van der Waals surface area contributed by atoms with Crippen molar-refractivity contribution in [3.05, 3.63) is 71.8 Å². The molecule has 112 valence electrons. The highest BCUT2D eigenvalue weighted by molar-refractivity contribution is 7.85. The average Bonchev–Trinajstić information content (AvgIpc) is 2.46. The van der Waals surface area contributed by atoms with Crippen molar-refractivity contribution in [2.45, 2.75) is 13.1 Å². The zero-order chi connectivity index (χ0) is 16.9. The summed E-state index contributed by atoms with van der Waals surface area (Å²) in [6, 6.07) is 18.5. The van der Waals surface area contributed by atoms with E-state index < -0.39 is 22.4 Å². The van der Waals surface area contributed by atoms with Crippen molar-refractivity contribution < 1.29 is 15.7 Å². The zero-order valence-corrected chi connectivity index (χ0v) is 12.3. The van der Waals surface area contributed by atoms with Crippen LogP contribution in [0.15, 0.2) is 60.7 Å². The van der Waals surface area contributed by atoms with E-state index >= 15 is 0 Å². The van der Waals surface area contributed by atoms with Crippen LogP contribution in [-0.2, 0) is 23.2 Å². The molecule has 0 heterocycles. The van der Waals surface area contributed by atoms with Gasteiger partial charge in [0.2, 0.25) is 0 Å². The predicted molar refractivity (Wildman–Crippen MR) is 83.4 cm³/mol. The van der Waals surface area contributed by atoms with Gasteiger partial charge < -0.3 is 0 Å². The SMILES string of the molecule is [2H]C([2H])(CS(=O)(=O)O)N(Cc1ccccc1)Cc1ccccc1. The van der Waals surface area contributed by atoms with Gasteiger partial charge in [-0.3, -0.25) is 9.45 Å². The number of nitrogens with zero attached hydrogens (tertiary/aromatic N) is 1. The standard InChI is InChI=1S/C16H19NO3S/c18-21(19,20)12-11-17(13-15-7-3-1-4-8-15)14-16-9-5-2-6-10-16/h1-10H,11-14H2,(H,18,19,20)/i11D2. The lowest BCUT2D eigenvalue weighted by molar-refractivity contribution is 0.270. The van der Waals surface area contributed by atoms with Crippen molar-refractivity contribution in [1.29, 1.82) is 0 Å². The Morgan fingerprint density at radius 3 is 1.71 bits per heavy atom. The van der Waals surface area contributed by atoms with Crippen LogP contribution in [0.25, 0.3) is 0 Å². The van der Waals surface area contributed by atoms with Gasteiger partial charge in [0, 0.05) is 22.3 Å². The van der Waals surface area contributed by atoms with Crippen LogP contribution in [0.3, 0.4) is 0 Å². The highest BCUT2D eigenvalue weighted by Gasteiger charge is 2.12. The van der Waals surface area contributed by atoms with Gasteiger partial charge in [0.15, 0.2) is 0 Å². The average molecular weight is 307 g/mol. The van der Waals surface area contributed by atoms with E-state index in [9.17, 15) is 8.42 Å². The summed E-state index contributed by atoms with van der Waals surface area (Å²) in [6.07, 6.45) is 0. The van der Waals surface area contributed by atoms with Crippen LogP contribution < -0.4 is 0 Å². The molecule has 0 saturated carbocycles. The van der Waals surface area contributed by atoms with E-state index in [4.69, 9.17) is 7.29 Å². The largest absolute Gasteiger partial charge is 0.294 e. The maximum atomic E-state index is 11.1. The fraction of sp³-hybridized carbons (Fsp3) is 0.250. The molecule has 0 bridgehead atoms. The zero-order valence-electron chi connectivity index (χ0n) is 13.5. The molecule has 2 aromatic carbocycles. The molecule has 5 heteroatoms. The van der Waals surface area contributed by atoms with Crippen LogP contribution >= 0.6 is 0 Å². The summed E-state index contributed by atoms with van der Waals surface area (Å²) in [4.78, 5) is 1.41. The Labute approximate surface area is 128 Å². The lowest BCUT2D eigenvalue weighted by Crippen LogP contribution is -2.28. The van der Waals surface area contributed by atoms with Crippen molar-refractivity contribution in [2.75, 3.05) is 12.2 Å². The minimum atomic E-state index is -4.43. The van der Waals surface area contributed by atoms with Gasteiger partial charge in [-0.15, -0.1) is 0 Å². The number of rotatable bonds is 7. The third kappa shape index (κ3) is 6.08. The molecule has 2 rings (SSSR count). The maximum absolute atomic E-state index is 11.1. The fourth-order valence-corrected chi connectivity index (χ4v) is 2.29. The van der Waals surface area contributed by atoms with Crippen molar-refractivity contribution in [1.82, 2.24) is 4.90 Å². The Morgan fingerprint density at radius 1 is 0.905 bits per heavy atom. The molecule has 0 aliphatic rings. The Morgan fingerprint density at radius 2 is 1.33 bits per heavy atom. The van der Waals surface area contributed by atoms with Gasteiger partial charge in [0.1, 0.15) is 0 Å². The van der Waals surface area contributed by atoms with Gasteiger partial charge in [0.25, 0.3) is 10.1 Å². The van der Waals surface area contributed by atoms with Gasteiger partial charge in [-0.1, -0.05) is 60.7 Å². The maximum Gasteiger partial charge on any atom is 0.266 e. The van der Waals surface area contributed by atoms with Crippen LogP contribution in [-0.4, -0.2) is 30.1 Å². The first kappa shape index (κ1) is 13.0. The molecular weight excluding hydrogens is 286 g/mol. The minimum Gasteiger partial charge on any atom is -0.294 e. The number of hydrogen-bond acceptors (Lipinski definition) is 3. The second-order valence-electron chi connectivity index (χ2n) is 4.71. The molecule has 0 spiro atoms. The first-order chi connectivity index (χ1) is 10.8. The molecule has 0 aliphatic heterocycles. The first-order valence-corrected chi connectivity index (χ1v) is 8.15. The molecule has 4 nitrogen and oxygen atoms in total. The monoisotopic (exact) mass is 307 g/mol. The van der Waals surface area contributed by atoms with Gasteiger partial charge in [0.05, 0.1) is 5.75 Å². The Bertz CT molecular complexity index is 680. The fourth-order valence-electron chi connectivity index (χ4n) is 1.95. The third-order valence-electron chi connectivity index (χ3n) is 2.90.